The molecule has 0 unspecified atom stereocenters. The fourth-order valence-corrected chi connectivity index (χ4v) is 1.95. The van der Waals surface area contributed by atoms with Crippen molar-refractivity contribution in [1.29, 1.82) is 0 Å². The molecule has 0 saturated carbocycles. The summed E-state index contributed by atoms with van der Waals surface area (Å²) < 4.78 is 2.80. The number of hydrogen-bond acceptors (Lipinski definition) is 8. The van der Waals surface area contributed by atoms with Gasteiger partial charge in [-0.2, -0.15) is 9.03 Å². The number of non-ortho nitro benzene ring substituents is 1. The van der Waals surface area contributed by atoms with Gasteiger partial charge in [-0.3, -0.25) is 10.1 Å². The fourth-order valence-electron chi connectivity index (χ4n) is 1.95. The van der Waals surface area contributed by atoms with E-state index in [2.05, 4.69) is 31.1 Å². The molecule has 0 radical (unpaired) electrons. The Bertz CT molecular complexity index is 955. The zero-order chi connectivity index (χ0) is 13.0. The fraction of sp³-hybridized carbons (Fsp3) is 0. The number of nitro benzene ring substituents is 1. The number of fused-ring (bicyclic) bond motifs is 6. The molecule has 3 heterocycles. The van der Waals surface area contributed by atoms with E-state index in [4.69, 9.17) is 0 Å². The van der Waals surface area contributed by atoms with Gasteiger partial charge in [0.2, 0.25) is 11.3 Å². The van der Waals surface area contributed by atoms with Crippen LogP contribution in [0.2, 0.25) is 0 Å². The molecule has 1 aromatic carbocycles. The number of tetrazole rings is 2. The molecule has 0 spiro atoms. The second kappa shape index (κ2) is 3.16. The molecule has 0 aliphatic rings. The van der Waals surface area contributed by atoms with Gasteiger partial charge in [-0.15, -0.1) is 10.2 Å². The van der Waals surface area contributed by atoms with Gasteiger partial charge in [0.25, 0.3) is 5.69 Å². The van der Waals surface area contributed by atoms with Gasteiger partial charge >= 0.3 is 0 Å². The Morgan fingerprint density at radius 3 is 2.26 bits per heavy atom. The van der Waals surface area contributed by atoms with E-state index in [-0.39, 0.29) is 5.69 Å². The molecule has 11 heteroatoms. The summed E-state index contributed by atoms with van der Waals surface area (Å²) >= 11 is 0. The van der Waals surface area contributed by atoms with Crippen molar-refractivity contribution in [3.63, 3.8) is 0 Å². The van der Waals surface area contributed by atoms with Gasteiger partial charge < -0.3 is 0 Å². The third-order valence-electron chi connectivity index (χ3n) is 2.77. The van der Waals surface area contributed by atoms with Crippen molar-refractivity contribution < 1.29 is 4.92 Å². The minimum atomic E-state index is -0.487. The zero-order valence-electron chi connectivity index (χ0n) is 9.07. The van der Waals surface area contributed by atoms with Gasteiger partial charge in [0, 0.05) is 12.1 Å². The third-order valence-corrected chi connectivity index (χ3v) is 2.77. The highest BCUT2D eigenvalue weighted by atomic mass is 16.6. The third kappa shape index (κ3) is 1.15. The first-order valence-electron chi connectivity index (χ1n) is 5.12. The minimum absolute atomic E-state index is 0.0586. The predicted octanol–water partition coefficient (Wildman–Crippen LogP) is -0.377. The van der Waals surface area contributed by atoms with Crippen molar-refractivity contribution in [2.45, 2.75) is 0 Å². The minimum Gasteiger partial charge on any atom is -0.258 e. The molecule has 4 aromatic rings. The molecule has 0 bridgehead atoms. The van der Waals surface area contributed by atoms with Gasteiger partial charge in [-0.05, 0) is 26.9 Å². The van der Waals surface area contributed by atoms with Crippen LogP contribution in [0.15, 0.2) is 18.2 Å². The lowest BCUT2D eigenvalue weighted by atomic mass is 10.2. The maximum atomic E-state index is 10.8. The van der Waals surface area contributed by atoms with Gasteiger partial charge in [0.15, 0.2) is 0 Å². The number of aromatic nitrogens is 8. The molecule has 0 saturated heterocycles. The average Bonchev–Trinajstić information content (AvgIpc) is 3.06. The average molecular weight is 257 g/mol. The molecule has 19 heavy (non-hydrogen) atoms. The molecule has 0 fully saturated rings. The van der Waals surface area contributed by atoms with Crippen molar-refractivity contribution in [3.05, 3.63) is 28.3 Å². The molecule has 11 nitrogen and oxygen atoms in total. The molecule has 4 rings (SSSR count). The Balaban J connectivity index is 2.32. The summed E-state index contributed by atoms with van der Waals surface area (Å²) in [6.07, 6.45) is 0. The van der Waals surface area contributed by atoms with Crippen molar-refractivity contribution in [2.75, 3.05) is 0 Å². The van der Waals surface area contributed by atoms with Crippen LogP contribution in [-0.4, -0.2) is 45.0 Å². The van der Waals surface area contributed by atoms with Crippen LogP contribution in [0.5, 0.6) is 0 Å². The zero-order valence-corrected chi connectivity index (χ0v) is 9.07. The lowest BCUT2D eigenvalue weighted by Gasteiger charge is -2.01. The van der Waals surface area contributed by atoms with Crippen molar-refractivity contribution in [1.82, 2.24) is 40.1 Å². The van der Waals surface area contributed by atoms with Crippen LogP contribution in [0.3, 0.4) is 0 Å². The maximum absolute atomic E-state index is 10.8. The monoisotopic (exact) mass is 257 g/mol. The number of hydrogen-bond donors (Lipinski definition) is 0. The summed E-state index contributed by atoms with van der Waals surface area (Å²) in [6, 6.07) is 4.30. The Morgan fingerprint density at radius 1 is 1.00 bits per heavy atom. The van der Waals surface area contributed by atoms with E-state index in [0.717, 1.165) is 0 Å². The normalized spacial score (nSPS) is 11.6. The van der Waals surface area contributed by atoms with Crippen LogP contribution >= 0.6 is 0 Å². The standard InChI is InChI=1S/C8H3N9O2/c18-17(19)4-1-2-5-6(3-4)16-8(10-12-14-16)7-9-11-13-15(5)7/h1-3H. The lowest BCUT2D eigenvalue weighted by Crippen LogP contribution is -2.00. The van der Waals surface area contributed by atoms with E-state index < -0.39 is 4.92 Å². The highest BCUT2D eigenvalue weighted by molar-refractivity contribution is 5.85. The molecule has 3 aromatic heterocycles. The molecular weight excluding hydrogens is 254 g/mol. The SMILES string of the molecule is O=[N+]([O-])c1ccc2c(c1)n1nnnc1c1nnnn21. The smallest absolute Gasteiger partial charge is 0.258 e. The molecule has 0 amide bonds. The van der Waals surface area contributed by atoms with E-state index in [1.165, 1.54) is 21.2 Å². The second-order valence-corrected chi connectivity index (χ2v) is 3.76. The topological polar surface area (TPSA) is 129 Å². The highest BCUT2D eigenvalue weighted by Crippen LogP contribution is 2.22. The highest BCUT2D eigenvalue weighted by Gasteiger charge is 2.16. The van der Waals surface area contributed by atoms with E-state index in [0.29, 0.717) is 22.3 Å². The first-order chi connectivity index (χ1) is 9.25. The van der Waals surface area contributed by atoms with Crippen LogP contribution in [-0.2, 0) is 0 Å². The van der Waals surface area contributed by atoms with Crippen molar-refractivity contribution in [2.24, 2.45) is 0 Å². The molecule has 92 valence electrons. The number of benzene rings is 1. The summed E-state index contributed by atoms with van der Waals surface area (Å²) in [5.41, 5.74) is 1.68. The van der Waals surface area contributed by atoms with E-state index in [1.807, 2.05) is 0 Å². The Labute approximate surface area is 102 Å². The lowest BCUT2D eigenvalue weighted by molar-refractivity contribution is -0.384. The summed E-state index contributed by atoms with van der Waals surface area (Å²) in [5, 5.41) is 33.2. The van der Waals surface area contributed by atoms with Crippen LogP contribution < -0.4 is 0 Å². The molecule has 0 aliphatic carbocycles. The largest absolute Gasteiger partial charge is 0.271 e. The molecular formula is C8H3N9O2. The van der Waals surface area contributed by atoms with Crippen molar-refractivity contribution >= 4 is 28.0 Å². The maximum Gasteiger partial charge on any atom is 0.271 e. The Morgan fingerprint density at radius 2 is 1.63 bits per heavy atom. The first-order valence-corrected chi connectivity index (χ1v) is 5.12. The Hall–Kier alpha value is -3.24. The number of nitro groups is 1. The number of nitrogens with zero attached hydrogens (tertiary/aromatic N) is 9. The van der Waals surface area contributed by atoms with Gasteiger partial charge in [-0.1, -0.05) is 0 Å². The first kappa shape index (κ1) is 9.76. The second-order valence-electron chi connectivity index (χ2n) is 3.76. The van der Waals surface area contributed by atoms with Crippen LogP contribution in [0.4, 0.5) is 5.69 Å². The summed E-state index contributed by atoms with van der Waals surface area (Å²) in [5.74, 6) is 0. The predicted molar refractivity (Wildman–Crippen MR) is 59.3 cm³/mol. The van der Waals surface area contributed by atoms with E-state index in [1.54, 1.807) is 6.07 Å². The molecule has 0 aliphatic heterocycles. The molecule has 0 N–H and O–H groups in total. The van der Waals surface area contributed by atoms with Crippen LogP contribution in [0, 0.1) is 10.1 Å². The Kier molecular flexibility index (Phi) is 1.62. The van der Waals surface area contributed by atoms with Crippen LogP contribution in [0.25, 0.3) is 22.3 Å². The number of rotatable bonds is 1. The van der Waals surface area contributed by atoms with Crippen LogP contribution in [0.1, 0.15) is 0 Å². The van der Waals surface area contributed by atoms with Gasteiger partial charge in [-0.25, -0.2) is 0 Å². The van der Waals surface area contributed by atoms with Gasteiger partial charge in [0.05, 0.1) is 10.4 Å². The summed E-state index contributed by atoms with van der Waals surface area (Å²) in [7, 11) is 0. The molecule has 0 atom stereocenters. The summed E-state index contributed by atoms with van der Waals surface area (Å²) in [4.78, 5) is 10.3. The van der Waals surface area contributed by atoms with Gasteiger partial charge in [0.1, 0.15) is 5.52 Å². The van der Waals surface area contributed by atoms with E-state index >= 15 is 0 Å². The van der Waals surface area contributed by atoms with E-state index in [9.17, 15) is 10.1 Å². The summed E-state index contributed by atoms with van der Waals surface area (Å²) in [6.45, 7) is 0. The quantitative estimate of drug-likeness (QED) is 0.333. The van der Waals surface area contributed by atoms with Crippen molar-refractivity contribution in [3.8, 4) is 0 Å².